The first-order valence-electron chi connectivity index (χ1n) is 2.37. The molecule has 7 heavy (non-hydrogen) atoms. The maximum atomic E-state index is 10.3. The molecule has 0 saturated heterocycles. The summed E-state index contributed by atoms with van der Waals surface area (Å²) in [5, 5.41) is 8.19. The van der Waals surface area contributed by atoms with Crippen LogP contribution in [0.4, 0.5) is 0 Å². The Morgan fingerprint density at radius 1 is 1.71 bits per heavy atom. The Labute approximate surface area is 44.8 Å². The van der Waals surface area contributed by atoms with Gasteiger partial charge in [0.15, 0.2) is 0 Å². The SMILES string of the molecule is C[Si](=O)CCCO. The van der Waals surface area contributed by atoms with Crippen molar-refractivity contribution in [3.63, 3.8) is 0 Å². The zero-order valence-electron chi connectivity index (χ0n) is 4.48. The predicted octanol–water partition coefficient (Wildman–Crippen LogP) is 0.421. The molecule has 42 valence electrons. The molecule has 0 aliphatic carbocycles. The second kappa shape index (κ2) is 4.14. The Morgan fingerprint density at radius 3 is 2.43 bits per heavy atom. The van der Waals surface area contributed by atoms with Crippen molar-refractivity contribution >= 4 is 8.68 Å². The molecule has 0 rings (SSSR count). The molecule has 0 radical (unpaired) electrons. The Morgan fingerprint density at radius 2 is 2.29 bits per heavy atom. The van der Waals surface area contributed by atoms with Gasteiger partial charge in [0.2, 0.25) is 0 Å². The highest BCUT2D eigenvalue weighted by Crippen LogP contribution is 1.86. The van der Waals surface area contributed by atoms with Gasteiger partial charge in [-0.15, -0.1) is 0 Å². The summed E-state index contributed by atoms with van der Waals surface area (Å²) < 4.78 is 10.3. The van der Waals surface area contributed by atoms with Crippen LogP contribution < -0.4 is 0 Å². The molecule has 0 atom stereocenters. The van der Waals surface area contributed by atoms with Crippen LogP contribution in [0.5, 0.6) is 0 Å². The molecule has 0 spiro atoms. The molecule has 0 aliphatic rings. The van der Waals surface area contributed by atoms with E-state index in [0.717, 1.165) is 0 Å². The fraction of sp³-hybridized carbons (Fsp3) is 1.00. The van der Waals surface area contributed by atoms with Gasteiger partial charge in [0.05, 0.1) is 0 Å². The lowest BCUT2D eigenvalue weighted by molar-refractivity contribution is 0.294. The highest BCUT2D eigenvalue weighted by molar-refractivity contribution is 6.40. The van der Waals surface area contributed by atoms with Crippen molar-refractivity contribution in [3.05, 3.63) is 0 Å². The van der Waals surface area contributed by atoms with Crippen molar-refractivity contribution in [2.75, 3.05) is 6.61 Å². The highest BCUT2D eigenvalue weighted by atomic mass is 28.3. The number of rotatable bonds is 3. The van der Waals surface area contributed by atoms with E-state index in [2.05, 4.69) is 0 Å². The van der Waals surface area contributed by atoms with Crippen molar-refractivity contribution in [3.8, 4) is 0 Å². The molecule has 0 amide bonds. The molecular weight excluding hydrogens is 108 g/mol. The van der Waals surface area contributed by atoms with Crippen LogP contribution in [-0.2, 0) is 4.46 Å². The van der Waals surface area contributed by atoms with Gasteiger partial charge in [0, 0.05) is 6.61 Å². The lowest BCUT2D eigenvalue weighted by Crippen LogP contribution is -1.92. The summed E-state index contributed by atoms with van der Waals surface area (Å²) in [6.45, 7) is 1.88. The van der Waals surface area contributed by atoms with Crippen LogP contribution in [0.25, 0.3) is 0 Å². The van der Waals surface area contributed by atoms with Crippen LogP contribution in [0.1, 0.15) is 6.42 Å². The normalized spacial score (nSPS) is 8.86. The molecule has 2 nitrogen and oxygen atoms in total. The third kappa shape index (κ3) is 5.98. The minimum atomic E-state index is -1.31. The number of hydrogen-bond donors (Lipinski definition) is 1. The monoisotopic (exact) mass is 118 g/mol. The average molecular weight is 118 g/mol. The molecule has 1 N–H and O–H groups in total. The fourth-order valence-electron chi connectivity index (χ4n) is 0.328. The lowest BCUT2D eigenvalue weighted by atomic mass is 10.5. The van der Waals surface area contributed by atoms with Gasteiger partial charge in [0.25, 0.3) is 8.68 Å². The van der Waals surface area contributed by atoms with Gasteiger partial charge in [-0.3, -0.25) is 0 Å². The van der Waals surface area contributed by atoms with E-state index >= 15 is 0 Å². The van der Waals surface area contributed by atoms with E-state index in [1.165, 1.54) is 0 Å². The molecule has 0 aliphatic heterocycles. The molecule has 3 heteroatoms. The summed E-state index contributed by atoms with van der Waals surface area (Å²) in [6.07, 6.45) is 0.689. The Hall–Kier alpha value is -0.0231. The van der Waals surface area contributed by atoms with Crippen molar-refractivity contribution in [2.45, 2.75) is 19.0 Å². The summed E-state index contributed by atoms with van der Waals surface area (Å²) in [5.41, 5.74) is 0. The van der Waals surface area contributed by atoms with Crippen molar-refractivity contribution in [2.24, 2.45) is 0 Å². The molecule has 0 aromatic heterocycles. The largest absolute Gasteiger partial charge is 0.396 e. The van der Waals surface area contributed by atoms with Gasteiger partial charge in [-0.2, -0.15) is 0 Å². The Balaban J connectivity index is 2.82. The van der Waals surface area contributed by atoms with Gasteiger partial charge in [0.1, 0.15) is 0 Å². The van der Waals surface area contributed by atoms with Crippen LogP contribution >= 0.6 is 0 Å². The van der Waals surface area contributed by atoms with Crippen molar-refractivity contribution in [1.29, 1.82) is 0 Å². The minimum Gasteiger partial charge on any atom is -0.396 e. The Bertz CT molecular complexity index is 62.7. The fourth-order valence-corrected chi connectivity index (χ4v) is 0.984. The zero-order valence-corrected chi connectivity index (χ0v) is 5.48. The van der Waals surface area contributed by atoms with Crippen molar-refractivity contribution < 1.29 is 9.57 Å². The molecule has 0 heterocycles. The van der Waals surface area contributed by atoms with Crippen LogP contribution in [0, 0.1) is 0 Å². The summed E-state index contributed by atoms with van der Waals surface area (Å²) in [4.78, 5) is 0. The highest BCUT2D eigenvalue weighted by Gasteiger charge is 1.91. The number of hydrogen-bond acceptors (Lipinski definition) is 2. The Kier molecular flexibility index (Phi) is 4.13. The smallest absolute Gasteiger partial charge is 0.273 e. The standard InChI is InChI=1S/C4H10O2Si/c1-7(6)4-2-3-5/h5H,2-4H2,1H3. The average Bonchev–Trinajstić information content (AvgIpc) is 1.61. The van der Waals surface area contributed by atoms with Gasteiger partial charge in [-0.05, 0) is 19.0 Å². The molecular formula is C4H10O2Si. The van der Waals surface area contributed by atoms with E-state index in [9.17, 15) is 4.46 Å². The summed E-state index contributed by atoms with van der Waals surface area (Å²) >= 11 is 0. The second-order valence-electron chi connectivity index (χ2n) is 1.53. The predicted molar refractivity (Wildman–Crippen MR) is 28.8 cm³/mol. The molecule has 0 fully saturated rings. The molecule has 0 unspecified atom stereocenters. The third-order valence-corrected chi connectivity index (χ3v) is 1.74. The first-order valence-corrected chi connectivity index (χ1v) is 4.49. The quantitative estimate of drug-likeness (QED) is 0.545. The van der Waals surface area contributed by atoms with Crippen LogP contribution in [0.15, 0.2) is 0 Å². The van der Waals surface area contributed by atoms with Crippen LogP contribution in [-0.4, -0.2) is 20.4 Å². The van der Waals surface area contributed by atoms with Crippen molar-refractivity contribution in [1.82, 2.24) is 0 Å². The summed E-state index contributed by atoms with van der Waals surface area (Å²) in [6, 6.07) is 0.696. The first-order chi connectivity index (χ1) is 3.27. The van der Waals surface area contributed by atoms with E-state index in [1.54, 1.807) is 6.55 Å². The topological polar surface area (TPSA) is 37.3 Å². The summed E-state index contributed by atoms with van der Waals surface area (Å²) in [5.74, 6) is 0. The lowest BCUT2D eigenvalue weighted by Gasteiger charge is -1.84. The van der Waals surface area contributed by atoms with Crippen LogP contribution in [0.3, 0.4) is 0 Å². The van der Waals surface area contributed by atoms with Gasteiger partial charge in [-0.1, -0.05) is 0 Å². The zero-order chi connectivity index (χ0) is 5.70. The molecule has 0 saturated carbocycles. The van der Waals surface area contributed by atoms with E-state index in [0.29, 0.717) is 12.5 Å². The second-order valence-corrected chi connectivity index (χ2v) is 3.43. The molecule has 0 aromatic carbocycles. The van der Waals surface area contributed by atoms with Gasteiger partial charge < -0.3 is 9.57 Å². The molecule has 0 aromatic rings. The van der Waals surface area contributed by atoms with Gasteiger partial charge >= 0.3 is 0 Å². The van der Waals surface area contributed by atoms with E-state index in [-0.39, 0.29) is 6.61 Å². The maximum absolute atomic E-state index is 10.3. The van der Waals surface area contributed by atoms with E-state index in [4.69, 9.17) is 5.11 Å². The minimum absolute atomic E-state index is 0.171. The summed E-state index contributed by atoms with van der Waals surface area (Å²) in [7, 11) is -1.31. The van der Waals surface area contributed by atoms with E-state index in [1.807, 2.05) is 0 Å². The number of aliphatic hydroxyl groups is 1. The van der Waals surface area contributed by atoms with E-state index < -0.39 is 8.68 Å². The molecule has 0 bridgehead atoms. The number of aliphatic hydroxyl groups excluding tert-OH is 1. The van der Waals surface area contributed by atoms with Gasteiger partial charge in [-0.25, -0.2) is 0 Å². The van der Waals surface area contributed by atoms with Crippen LogP contribution in [0.2, 0.25) is 12.6 Å². The first kappa shape index (κ1) is 6.98. The maximum Gasteiger partial charge on any atom is 0.273 e. The third-order valence-electron chi connectivity index (χ3n) is 0.687.